The van der Waals surface area contributed by atoms with Gasteiger partial charge in [-0.2, -0.15) is 0 Å². The minimum atomic E-state index is -0.149. The second-order valence-electron chi connectivity index (χ2n) is 6.36. The van der Waals surface area contributed by atoms with Gasteiger partial charge in [-0.05, 0) is 25.2 Å². The average molecular weight is 289 g/mol. The third-order valence-corrected chi connectivity index (χ3v) is 4.82. The molecule has 0 unspecified atom stereocenters. The third-order valence-electron chi connectivity index (χ3n) is 4.82. The molecule has 112 valence electrons. The van der Waals surface area contributed by atoms with Gasteiger partial charge in [0.2, 0.25) is 11.7 Å². The molecule has 1 saturated carbocycles. The summed E-state index contributed by atoms with van der Waals surface area (Å²) < 4.78 is 1.53. The highest BCUT2D eigenvalue weighted by Gasteiger charge is 2.49. The van der Waals surface area contributed by atoms with E-state index in [1.807, 2.05) is 4.90 Å². The first-order valence-electron chi connectivity index (χ1n) is 7.59. The van der Waals surface area contributed by atoms with Gasteiger partial charge in [0.15, 0.2) is 0 Å². The van der Waals surface area contributed by atoms with Crippen molar-refractivity contribution >= 4 is 11.8 Å². The number of aromatic nitrogens is 3. The maximum absolute atomic E-state index is 12.5. The van der Waals surface area contributed by atoms with Crippen LogP contribution in [0.4, 0.5) is 0 Å². The van der Waals surface area contributed by atoms with Crippen molar-refractivity contribution in [2.75, 3.05) is 13.1 Å². The first kappa shape index (κ1) is 12.8. The van der Waals surface area contributed by atoms with Gasteiger partial charge in [0.1, 0.15) is 6.33 Å². The van der Waals surface area contributed by atoms with Crippen LogP contribution in [0.1, 0.15) is 36.3 Å². The fourth-order valence-electron chi connectivity index (χ4n) is 3.56. The van der Waals surface area contributed by atoms with E-state index in [4.69, 9.17) is 0 Å². The molecule has 0 N–H and O–H groups in total. The van der Waals surface area contributed by atoms with Crippen LogP contribution in [0.2, 0.25) is 0 Å². The van der Waals surface area contributed by atoms with E-state index in [2.05, 4.69) is 10.1 Å². The molecule has 2 atom stereocenters. The summed E-state index contributed by atoms with van der Waals surface area (Å²) in [4.78, 5) is 32.6. The van der Waals surface area contributed by atoms with E-state index in [9.17, 15) is 9.59 Å². The maximum Gasteiger partial charge on any atom is 0.293 e. The molecule has 7 nitrogen and oxygen atoms in total. The highest BCUT2D eigenvalue weighted by atomic mass is 16.2. The summed E-state index contributed by atoms with van der Waals surface area (Å²) in [6.45, 7) is 1.57. The van der Waals surface area contributed by atoms with E-state index in [-0.39, 0.29) is 29.7 Å². The number of rotatable bonds is 3. The van der Waals surface area contributed by atoms with Gasteiger partial charge in [0, 0.05) is 26.6 Å². The van der Waals surface area contributed by atoms with Crippen molar-refractivity contribution in [3.8, 4) is 0 Å². The quantitative estimate of drug-likeness (QED) is 0.787. The summed E-state index contributed by atoms with van der Waals surface area (Å²) in [6, 6.07) is 0.207. The Kier molecular flexibility index (Phi) is 2.77. The summed E-state index contributed by atoms with van der Waals surface area (Å²) >= 11 is 0. The minimum Gasteiger partial charge on any atom is -0.337 e. The number of likely N-dealkylation sites (tertiary alicyclic amines) is 2. The van der Waals surface area contributed by atoms with Crippen LogP contribution in [0.15, 0.2) is 6.33 Å². The summed E-state index contributed by atoms with van der Waals surface area (Å²) in [5, 5.41) is 4.08. The lowest BCUT2D eigenvalue weighted by molar-refractivity contribution is -0.129. The van der Waals surface area contributed by atoms with E-state index in [0.717, 1.165) is 13.0 Å². The number of hydrogen-bond donors (Lipinski definition) is 0. The van der Waals surface area contributed by atoms with Gasteiger partial charge in [0.05, 0.1) is 12.1 Å². The maximum atomic E-state index is 12.5. The van der Waals surface area contributed by atoms with Crippen LogP contribution in [0.25, 0.3) is 0 Å². The fourth-order valence-corrected chi connectivity index (χ4v) is 3.56. The second kappa shape index (κ2) is 4.54. The molecule has 2 aliphatic heterocycles. The summed E-state index contributed by atoms with van der Waals surface area (Å²) in [6.07, 6.45) is 5.33. The number of aryl methyl sites for hydroxylation is 1. The van der Waals surface area contributed by atoms with E-state index < -0.39 is 0 Å². The lowest BCUT2D eigenvalue weighted by Gasteiger charge is -2.24. The Bertz CT molecular complexity index is 594. The van der Waals surface area contributed by atoms with Crippen molar-refractivity contribution in [1.29, 1.82) is 0 Å². The van der Waals surface area contributed by atoms with Crippen LogP contribution in [0.3, 0.4) is 0 Å². The molecule has 1 aromatic rings. The van der Waals surface area contributed by atoms with Crippen molar-refractivity contribution < 1.29 is 9.59 Å². The Balaban J connectivity index is 1.51. The zero-order chi connectivity index (χ0) is 14.6. The van der Waals surface area contributed by atoms with Gasteiger partial charge in [-0.1, -0.05) is 0 Å². The van der Waals surface area contributed by atoms with E-state index in [0.29, 0.717) is 18.9 Å². The van der Waals surface area contributed by atoms with Gasteiger partial charge < -0.3 is 9.80 Å². The summed E-state index contributed by atoms with van der Waals surface area (Å²) in [7, 11) is 1.74. The molecule has 0 spiro atoms. The molecule has 3 fully saturated rings. The van der Waals surface area contributed by atoms with Crippen molar-refractivity contribution in [3.05, 3.63) is 12.2 Å². The van der Waals surface area contributed by atoms with Crippen molar-refractivity contribution in [2.45, 2.75) is 37.8 Å². The van der Waals surface area contributed by atoms with Crippen LogP contribution < -0.4 is 0 Å². The molecule has 1 aliphatic carbocycles. The molecule has 3 aliphatic rings. The largest absolute Gasteiger partial charge is 0.337 e. The lowest BCUT2D eigenvalue weighted by atomic mass is 10.1. The Morgan fingerprint density at radius 3 is 2.81 bits per heavy atom. The Morgan fingerprint density at radius 1 is 1.33 bits per heavy atom. The van der Waals surface area contributed by atoms with Crippen molar-refractivity contribution in [3.63, 3.8) is 0 Å². The summed E-state index contributed by atoms with van der Waals surface area (Å²) in [5.41, 5.74) is 0. The molecule has 2 saturated heterocycles. The van der Waals surface area contributed by atoms with Crippen LogP contribution in [-0.4, -0.2) is 61.6 Å². The molecule has 3 heterocycles. The third kappa shape index (κ3) is 2.11. The Hall–Kier alpha value is -1.92. The van der Waals surface area contributed by atoms with Gasteiger partial charge >= 0.3 is 0 Å². The smallest absolute Gasteiger partial charge is 0.293 e. The minimum absolute atomic E-state index is 0.00700. The van der Waals surface area contributed by atoms with Crippen molar-refractivity contribution in [1.82, 2.24) is 24.6 Å². The van der Waals surface area contributed by atoms with E-state index in [1.54, 1.807) is 11.9 Å². The zero-order valence-electron chi connectivity index (χ0n) is 12.1. The number of nitrogens with zero attached hydrogens (tertiary/aromatic N) is 5. The Labute approximate surface area is 122 Å². The number of carbonyl (C=O) groups is 2. The Morgan fingerprint density at radius 2 is 2.14 bits per heavy atom. The molecule has 0 aromatic carbocycles. The van der Waals surface area contributed by atoms with Crippen molar-refractivity contribution in [2.24, 2.45) is 13.0 Å². The predicted octanol–water partition coefficient (Wildman–Crippen LogP) is 0.0405. The molecule has 4 rings (SSSR count). The molecule has 1 aromatic heterocycles. The fraction of sp³-hybridized carbons (Fsp3) is 0.714. The first-order chi connectivity index (χ1) is 10.1. The molecule has 2 amide bonds. The number of amides is 2. The lowest BCUT2D eigenvalue weighted by Crippen LogP contribution is -2.40. The topological polar surface area (TPSA) is 71.3 Å². The molecular weight excluding hydrogens is 270 g/mol. The average Bonchev–Trinajstić information content (AvgIpc) is 2.89. The van der Waals surface area contributed by atoms with Gasteiger partial charge in [-0.25, -0.2) is 4.98 Å². The molecule has 0 bridgehead atoms. The first-order valence-corrected chi connectivity index (χ1v) is 7.59. The van der Waals surface area contributed by atoms with Crippen LogP contribution >= 0.6 is 0 Å². The van der Waals surface area contributed by atoms with Gasteiger partial charge in [-0.3, -0.25) is 14.3 Å². The monoisotopic (exact) mass is 289 g/mol. The molecule has 0 radical (unpaired) electrons. The molecular formula is C14H19N5O2. The molecule has 7 heteroatoms. The zero-order valence-corrected chi connectivity index (χ0v) is 12.1. The standard InChI is InChI=1S/C14H19N5O2/c1-17-8-15-13(16-17)14(21)18-5-4-10-11(18)6-12(20)19(10)7-9-2-3-9/h8-11H,2-7H2,1H3/t10-,11-/m0/s1. The van der Waals surface area contributed by atoms with Crippen LogP contribution in [0, 0.1) is 5.92 Å². The number of hydrogen-bond acceptors (Lipinski definition) is 4. The molecule has 21 heavy (non-hydrogen) atoms. The number of fused-ring (bicyclic) bond motifs is 1. The summed E-state index contributed by atoms with van der Waals surface area (Å²) in [5.74, 6) is 0.966. The number of carbonyl (C=O) groups excluding carboxylic acids is 2. The SMILES string of the molecule is Cn1cnc(C(=O)N2CC[C@H]3[C@@H]2CC(=O)N3CC2CC2)n1. The van der Waals surface area contributed by atoms with Crippen LogP contribution in [-0.2, 0) is 11.8 Å². The highest BCUT2D eigenvalue weighted by Crippen LogP contribution is 2.37. The normalized spacial score (nSPS) is 28.3. The van der Waals surface area contributed by atoms with Crippen LogP contribution in [0.5, 0.6) is 0 Å². The highest BCUT2D eigenvalue weighted by molar-refractivity contribution is 5.92. The van der Waals surface area contributed by atoms with Gasteiger partial charge in [-0.15, -0.1) is 5.10 Å². The van der Waals surface area contributed by atoms with E-state index in [1.165, 1.54) is 23.9 Å². The van der Waals surface area contributed by atoms with E-state index >= 15 is 0 Å². The predicted molar refractivity (Wildman–Crippen MR) is 73.3 cm³/mol. The van der Waals surface area contributed by atoms with Gasteiger partial charge in [0.25, 0.3) is 5.91 Å². The second-order valence-corrected chi connectivity index (χ2v) is 6.36.